The fourth-order valence-corrected chi connectivity index (χ4v) is 4.27. The van der Waals surface area contributed by atoms with E-state index in [2.05, 4.69) is 4.72 Å². The number of nitrogens with zero attached hydrogens (tertiary/aromatic N) is 2. The van der Waals surface area contributed by atoms with Gasteiger partial charge in [-0.3, -0.25) is 14.4 Å². The Bertz CT molecular complexity index is 926. The lowest BCUT2D eigenvalue weighted by Crippen LogP contribution is -2.47. The first-order valence-electron chi connectivity index (χ1n) is 10.5. The van der Waals surface area contributed by atoms with Crippen LogP contribution >= 0.6 is 0 Å². The fourth-order valence-electron chi connectivity index (χ4n) is 3.71. The van der Waals surface area contributed by atoms with Gasteiger partial charge in [0.1, 0.15) is 12.4 Å². The molecule has 1 aromatic carbocycles. The molecule has 0 bridgehead atoms. The highest BCUT2D eigenvalue weighted by Crippen LogP contribution is 2.27. The topological polar surface area (TPSA) is 88.2 Å². The lowest BCUT2D eigenvalue weighted by atomic mass is 10.0. The number of carbonyl (C=O) groups is 1. The van der Waals surface area contributed by atoms with Crippen LogP contribution in [0.5, 0.6) is 5.75 Å². The van der Waals surface area contributed by atoms with E-state index in [9.17, 15) is 26.4 Å². The van der Waals surface area contributed by atoms with Crippen LogP contribution in [0.2, 0.25) is 0 Å². The molecule has 0 fully saturated rings. The number of fused-ring (bicyclic) bond motifs is 1. The van der Waals surface area contributed by atoms with Gasteiger partial charge in [-0.1, -0.05) is 6.92 Å². The average Bonchev–Trinajstić information content (AvgIpc) is 2.70. The zero-order chi connectivity index (χ0) is 25.0. The van der Waals surface area contributed by atoms with Gasteiger partial charge in [-0.2, -0.15) is 13.2 Å². The standard InChI is InChI=1S/C21H32F3N3O5S/c1-14-11-27(9-8-21(22,23)24)15(2)13-32-18-7-6-16(25-33(5,29)30)10-17(18)20(28)26(3)12-19(14)31-4/h6-7,10,14-15,19,25H,8-9,11-13H2,1-5H3/t14-,15+,19+/m0/s1. The Balaban J connectivity index is 2.42. The van der Waals surface area contributed by atoms with Crippen molar-refractivity contribution < 1.29 is 35.9 Å². The van der Waals surface area contributed by atoms with E-state index < -0.39 is 34.6 Å². The largest absolute Gasteiger partial charge is 0.491 e. The van der Waals surface area contributed by atoms with Crippen molar-refractivity contribution in [2.45, 2.75) is 38.6 Å². The molecule has 8 nitrogen and oxygen atoms in total. The third-order valence-electron chi connectivity index (χ3n) is 5.56. The number of rotatable bonds is 5. The number of sulfonamides is 1. The summed E-state index contributed by atoms with van der Waals surface area (Å²) in [5.41, 5.74) is 0.341. The van der Waals surface area contributed by atoms with E-state index in [1.165, 1.54) is 30.2 Å². The Labute approximate surface area is 193 Å². The third-order valence-corrected chi connectivity index (χ3v) is 6.17. The first-order valence-corrected chi connectivity index (χ1v) is 12.4. The third kappa shape index (κ3) is 8.35. The first-order chi connectivity index (χ1) is 15.2. The zero-order valence-electron chi connectivity index (χ0n) is 19.5. The molecule has 2 rings (SSSR count). The number of anilines is 1. The van der Waals surface area contributed by atoms with Crippen LogP contribution in [0.3, 0.4) is 0 Å². The number of hydrogen-bond acceptors (Lipinski definition) is 6. The molecular weight excluding hydrogens is 463 g/mol. The van der Waals surface area contributed by atoms with Crippen LogP contribution in [0.15, 0.2) is 18.2 Å². The monoisotopic (exact) mass is 495 g/mol. The molecule has 1 N–H and O–H groups in total. The second kappa shape index (κ2) is 10.9. The summed E-state index contributed by atoms with van der Waals surface area (Å²) < 4.78 is 75.7. The number of alkyl halides is 3. The summed E-state index contributed by atoms with van der Waals surface area (Å²) in [5, 5.41) is 0. The van der Waals surface area contributed by atoms with Crippen molar-refractivity contribution in [2.75, 3.05) is 51.4 Å². The van der Waals surface area contributed by atoms with Crippen LogP contribution in [-0.4, -0.2) is 89.1 Å². The molecular formula is C21H32F3N3O5S. The van der Waals surface area contributed by atoms with E-state index in [1.807, 2.05) is 6.92 Å². The summed E-state index contributed by atoms with van der Waals surface area (Å²) in [6.07, 6.45) is -4.65. The van der Waals surface area contributed by atoms with Gasteiger partial charge in [-0.25, -0.2) is 8.42 Å². The number of hydrogen-bond donors (Lipinski definition) is 1. The number of methoxy groups -OCH3 is 1. The van der Waals surface area contributed by atoms with Crippen LogP contribution in [0.4, 0.5) is 18.9 Å². The minimum atomic E-state index is -4.28. The Morgan fingerprint density at radius 3 is 2.48 bits per heavy atom. The average molecular weight is 496 g/mol. The number of amides is 1. The Morgan fingerprint density at radius 2 is 1.91 bits per heavy atom. The van der Waals surface area contributed by atoms with E-state index in [-0.39, 0.29) is 48.7 Å². The molecule has 12 heteroatoms. The van der Waals surface area contributed by atoms with Gasteiger partial charge in [0.25, 0.3) is 5.91 Å². The number of nitrogens with one attached hydrogen (secondary N) is 1. The fraction of sp³-hybridized carbons (Fsp3) is 0.667. The molecule has 1 amide bonds. The van der Waals surface area contributed by atoms with Crippen molar-refractivity contribution in [2.24, 2.45) is 5.92 Å². The first kappa shape index (κ1) is 27.2. The SMILES string of the molecule is CO[C@@H]1CN(C)C(=O)c2cc(NS(C)(=O)=O)ccc2OC[C@@H](C)N(CCC(F)(F)F)C[C@@H]1C. The minimum absolute atomic E-state index is 0.0467. The van der Waals surface area contributed by atoms with E-state index in [4.69, 9.17) is 9.47 Å². The molecule has 0 aliphatic carbocycles. The predicted octanol–water partition coefficient (Wildman–Crippen LogP) is 2.82. The molecule has 1 heterocycles. The van der Waals surface area contributed by atoms with E-state index in [1.54, 1.807) is 18.9 Å². The summed E-state index contributed by atoms with van der Waals surface area (Å²) in [6.45, 7) is 4.03. The summed E-state index contributed by atoms with van der Waals surface area (Å²) in [6, 6.07) is 3.95. The molecule has 0 spiro atoms. The van der Waals surface area contributed by atoms with Crippen molar-refractivity contribution in [3.63, 3.8) is 0 Å². The van der Waals surface area contributed by atoms with Gasteiger partial charge in [0.2, 0.25) is 10.0 Å². The van der Waals surface area contributed by atoms with Crippen LogP contribution in [0.25, 0.3) is 0 Å². The molecule has 33 heavy (non-hydrogen) atoms. The normalized spacial score (nSPS) is 23.8. The van der Waals surface area contributed by atoms with Crippen molar-refractivity contribution >= 4 is 21.6 Å². The number of benzene rings is 1. The molecule has 0 saturated heterocycles. The second-order valence-electron chi connectivity index (χ2n) is 8.54. The van der Waals surface area contributed by atoms with Gasteiger partial charge in [0.15, 0.2) is 0 Å². The molecule has 0 saturated carbocycles. The summed E-state index contributed by atoms with van der Waals surface area (Å²) >= 11 is 0. The number of halogens is 3. The minimum Gasteiger partial charge on any atom is -0.491 e. The number of carbonyl (C=O) groups excluding carboxylic acids is 1. The highest BCUT2D eigenvalue weighted by atomic mass is 32.2. The lowest BCUT2D eigenvalue weighted by Gasteiger charge is -2.36. The van der Waals surface area contributed by atoms with Crippen molar-refractivity contribution in [1.29, 1.82) is 0 Å². The van der Waals surface area contributed by atoms with Crippen LogP contribution in [0, 0.1) is 5.92 Å². The second-order valence-corrected chi connectivity index (χ2v) is 10.3. The maximum Gasteiger partial charge on any atom is 0.390 e. The predicted molar refractivity (Wildman–Crippen MR) is 119 cm³/mol. The molecule has 1 aliphatic rings. The Kier molecular flexibility index (Phi) is 9.00. The highest BCUT2D eigenvalue weighted by Gasteiger charge is 2.32. The van der Waals surface area contributed by atoms with Crippen molar-refractivity contribution in [3.8, 4) is 5.75 Å². The molecule has 1 aromatic rings. The van der Waals surface area contributed by atoms with Crippen LogP contribution < -0.4 is 9.46 Å². The molecule has 3 atom stereocenters. The molecule has 188 valence electrons. The van der Waals surface area contributed by atoms with Crippen molar-refractivity contribution in [1.82, 2.24) is 9.80 Å². The van der Waals surface area contributed by atoms with E-state index in [0.717, 1.165) is 6.26 Å². The number of likely N-dealkylation sites (N-methyl/N-ethyl adjacent to an activating group) is 1. The highest BCUT2D eigenvalue weighted by molar-refractivity contribution is 7.92. The summed E-state index contributed by atoms with van der Waals surface area (Å²) in [4.78, 5) is 16.3. The zero-order valence-corrected chi connectivity index (χ0v) is 20.3. The molecule has 0 radical (unpaired) electrons. The Hall–Kier alpha value is -2.05. The smallest absolute Gasteiger partial charge is 0.390 e. The van der Waals surface area contributed by atoms with Gasteiger partial charge < -0.3 is 14.4 Å². The maximum atomic E-state index is 13.2. The quantitative estimate of drug-likeness (QED) is 0.676. The molecule has 0 unspecified atom stereocenters. The van der Waals surface area contributed by atoms with Crippen LogP contribution in [-0.2, 0) is 14.8 Å². The Morgan fingerprint density at radius 1 is 1.24 bits per heavy atom. The van der Waals surface area contributed by atoms with Crippen LogP contribution in [0.1, 0.15) is 30.6 Å². The lowest BCUT2D eigenvalue weighted by molar-refractivity contribution is -0.140. The van der Waals surface area contributed by atoms with Crippen molar-refractivity contribution in [3.05, 3.63) is 23.8 Å². The molecule has 1 aliphatic heterocycles. The van der Waals surface area contributed by atoms with Gasteiger partial charge in [0, 0.05) is 45.5 Å². The van der Waals surface area contributed by atoms with E-state index in [0.29, 0.717) is 6.54 Å². The van der Waals surface area contributed by atoms with E-state index >= 15 is 0 Å². The summed E-state index contributed by atoms with van der Waals surface area (Å²) in [7, 11) is -0.483. The maximum absolute atomic E-state index is 13.2. The summed E-state index contributed by atoms with van der Waals surface area (Å²) in [5.74, 6) is -0.340. The van der Waals surface area contributed by atoms with Gasteiger partial charge in [-0.15, -0.1) is 0 Å². The van der Waals surface area contributed by atoms with Gasteiger partial charge >= 0.3 is 6.18 Å². The van der Waals surface area contributed by atoms with Gasteiger partial charge in [0.05, 0.1) is 24.3 Å². The molecule has 0 aromatic heterocycles. The van der Waals surface area contributed by atoms with Gasteiger partial charge in [-0.05, 0) is 31.0 Å². The number of ether oxygens (including phenoxy) is 2.